The molecule has 1 saturated carbocycles. The summed E-state index contributed by atoms with van der Waals surface area (Å²) in [6, 6.07) is 0. The van der Waals surface area contributed by atoms with E-state index in [1.165, 1.54) is 6.42 Å². The molecule has 62 valence electrons. The molecule has 1 fully saturated rings. The van der Waals surface area contributed by atoms with Gasteiger partial charge in [-0.15, -0.1) is 0 Å². The van der Waals surface area contributed by atoms with Crippen molar-refractivity contribution >= 4 is 6.29 Å². The van der Waals surface area contributed by atoms with Crippen LogP contribution in [0.5, 0.6) is 0 Å². The molecule has 3 rings (SSSR count). The van der Waals surface area contributed by atoms with E-state index in [1.807, 2.05) is 0 Å². The molecule has 1 nitrogen and oxygen atoms in total. The molecule has 0 aliphatic heterocycles. The van der Waals surface area contributed by atoms with E-state index in [0.717, 1.165) is 12.2 Å². The summed E-state index contributed by atoms with van der Waals surface area (Å²) in [7, 11) is 0. The molecule has 1 heteroatoms. The van der Waals surface area contributed by atoms with Gasteiger partial charge in [-0.2, -0.15) is 0 Å². The van der Waals surface area contributed by atoms with Gasteiger partial charge >= 0.3 is 0 Å². The van der Waals surface area contributed by atoms with Crippen LogP contribution in [-0.4, -0.2) is 6.29 Å². The third-order valence-electron chi connectivity index (χ3n) is 3.74. The van der Waals surface area contributed by atoms with Crippen molar-refractivity contribution < 1.29 is 4.79 Å². The highest BCUT2D eigenvalue weighted by atomic mass is 16.1. The van der Waals surface area contributed by atoms with E-state index in [0.29, 0.717) is 17.8 Å². The molecule has 0 N–H and O–H groups in total. The molecule has 0 aromatic carbocycles. The van der Waals surface area contributed by atoms with Crippen molar-refractivity contribution in [1.82, 2.24) is 0 Å². The van der Waals surface area contributed by atoms with Crippen molar-refractivity contribution in [2.24, 2.45) is 29.6 Å². The summed E-state index contributed by atoms with van der Waals surface area (Å²) in [5.74, 6) is 2.98. The van der Waals surface area contributed by atoms with Crippen LogP contribution in [0.1, 0.15) is 6.42 Å². The van der Waals surface area contributed by atoms with E-state index in [4.69, 9.17) is 0 Å². The number of carbonyl (C=O) groups is 1. The average Bonchev–Trinajstić information content (AvgIpc) is 2.76. The zero-order valence-corrected chi connectivity index (χ0v) is 6.89. The molecular formula is C11H12O. The van der Waals surface area contributed by atoms with Crippen LogP contribution < -0.4 is 0 Å². The number of aldehydes is 1. The predicted molar refractivity (Wildman–Crippen MR) is 46.4 cm³/mol. The zero-order chi connectivity index (χ0) is 8.13. The lowest BCUT2D eigenvalue weighted by Gasteiger charge is -2.22. The highest BCUT2D eigenvalue weighted by molar-refractivity contribution is 5.59. The van der Waals surface area contributed by atoms with Crippen LogP contribution in [0.4, 0.5) is 0 Å². The topological polar surface area (TPSA) is 17.1 Å². The maximum Gasteiger partial charge on any atom is 0.127 e. The quantitative estimate of drug-likeness (QED) is 0.422. The van der Waals surface area contributed by atoms with E-state index >= 15 is 0 Å². The molecule has 5 atom stereocenters. The van der Waals surface area contributed by atoms with Crippen LogP contribution in [0.3, 0.4) is 0 Å². The van der Waals surface area contributed by atoms with Crippen LogP contribution >= 0.6 is 0 Å². The molecule has 0 aromatic heterocycles. The Kier molecular flexibility index (Phi) is 1.16. The zero-order valence-electron chi connectivity index (χ0n) is 6.89. The fraction of sp³-hybridized carbons (Fsp3) is 0.545. The first kappa shape index (κ1) is 6.64. The third-order valence-corrected chi connectivity index (χ3v) is 3.74. The first-order valence-corrected chi connectivity index (χ1v) is 4.72. The highest BCUT2D eigenvalue weighted by Gasteiger charge is 2.48. The van der Waals surface area contributed by atoms with Crippen molar-refractivity contribution in [2.45, 2.75) is 6.42 Å². The van der Waals surface area contributed by atoms with Crippen molar-refractivity contribution in [3.05, 3.63) is 24.3 Å². The van der Waals surface area contributed by atoms with Gasteiger partial charge in [-0.1, -0.05) is 24.3 Å². The van der Waals surface area contributed by atoms with Crippen LogP contribution in [0.15, 0.2) is 24.3 Å². The Morgan fingerprint density at radius 2 is 1.92 bits per heavy atom. The molecule has 2 bridgehead atoms. The van der Waals surface area contributed by atoms with Gasteiger partial charge in [-0.25, -0.2) is 0 Å². The first-order valence-electron chi connectivity index (χ1n) is 4.72. The van der Waals surface area contributed by atoms with Crippen molar-refractivity contribution in [1.29, 1.82) is 0 Å². The summed E-state index contributed by atoms with van der Waals surface area (Å²) in [5.41, 5.74) is 0. The summed E-state index contributed by atoms with van der Waals surface area (Å²) >= 11 is 0. The second-order valence-electron chi connectivity index (χ2n) is 4.20. The normalized spacial score (nSPS) is 53.2. The summed E-state index contributed by atoms with van der Waals surface area (Å²) in [6.07, 6.45) is 11.4. The Bertz CT molecular complexity index is 277. The average molecular weight is 160 g/mol. The molecule has 5 unspecified atom stereocenters. The fourth-order valence-electron chi connectivity index (χ4n) is 3.23. The first-order chi connectivity index (χ1) is 5.90. The Labute approximate surface area is 72.2 Å². The third kappa shape index (κ3) is 0.626. The lowest BCUT2D eigenvalue weighted by molar-refractivity contribution is -0.111. The number of fused-ring (bicyclic) bond motifs is 5. The van der Waals surface area contributed by atoms with E-state index in [1.54, 1.807) is 0 Å². The van der Waals surface area contributed by atoms with E-state index < -0.39 is 0 Å². The lowest BCUT2D eigenvalue weighted by atomic mass is 9.81. The van der Waals surface area contributed by atoms with E-state index in [9.17, 15) is 4.79 Å². The molecule has 12 heavy (non-hydrogen) atoms. The van der Waals surface area contributed by atoms with Gasteiger partial charge in [0, 0.05) is 5.92 Å². The molecule has 0 radical (unpaired) electrons. The second-order valence-corrected chi connectivity index (χ2v) is 4.20. The molecule has 3 aliphatic carbocycles. The summed E-state index contributed by atoms with van der Waals surface area (Å²) < 4.78 is 0. The maximum absolute atomic E-state index is 10.8. The molecular weight excluding hydrogens is 148 g/mol. The van der Waals surface area contributed by atoms with Gasteiger partial charge in [0.25, 0.3) is 0 Å². The largest absolute Gasteiger partial charge is 0.303 e. The second kappa shape index (κ2) is 2.09. The van der Waals surface area contributed by atoms with Crippen LogP contribution in [0.2, 0.25) is 0 Å². The van der Waals surface area contributed by atoms with Gasteiger partial charge in [-0.3, -0.25) is 0 Å². The van der Waals surface area contributed by atoms with Gasteiger partial charge in [0.15, 0.2) is 0 Å². The number of hydrogen-bond acceptors (Lipinski definition) is 1. The van der Waals surface area contributed by atoms with Gasteiger partial charge in [0.05, 0.1) is 0 Å². The SMILES string of the molecule is O=CC1C=CC2C3C=CC(C3)C12. The Morgan fingerprint density at radius 3 is 2.75 bits per heavy atom. The Morgan fingerprint density at radius 1 is 1.08 bits per heavy atom. The van der Waals surface area contributed by atoms with Crippen molar-refractivity contribution in [3.8, 4) is 0 Å². The molecule has 0 aromatic rings. The highest BCUT2D eigenvalue weighted by Crippen LogP contribution is 2.54. The summed E-state index contributed by atoms with van der Waals surface area (Å²) in [6.45, 7) is 0. The van der Waals surface area contributed by atoms with E-state index in [2.05, 4.69) is 24.3 Å². The Balaban J connectivity index is 1.98. The molecule has 3 aliphatic rings. The van der Waals surface area contributed by atoms with Gasteiger partial charge in [0.1, 0.15) is 6.29 Å². The number of hydrogen-bond donors (Lipinski definition) is 0. The van der Waals surface area contributed by atoms with Gasteiger partial charge < -0.3 is 4.79 Å². The summed E-state index contributed by atoms with van der Waals surface area (Å²) in [5, 5.41) is 0. The van der Waals surface area contributed by atoms with Crippen molar-refractivity contribution in [3.63, 3.8) is 0 Å². The molecule has 0 saturated heterocycles. The minimum absolute atomic E-state index is 0.218. The fourth-order valence-corrected chi connectivity index (χ4v) is 3.23. The number of rotatable bonds is 1. The van der Waals surface area contributed by atoms with Crippen molar-refractivity contribution in [2.75, 3.05) is 0 Å². The number of carbonyl (C=O) groups excluding carboxylic acids is 1. The van der Waals surface area contributed by atoms with Crippen LogP contribution in [0.25, 0.3) is 0 Å². The van der Waals surface area contributed by atoms with Gasteiger partial charge in [-0.05, 0) is 30.1 Å². The van der Waals surface area contributed by atoms with E-state index in [-0.39, 0.29) is 5.92 Å². The summed E-state index contributed by atoms with van der Waals surface area (Å²) in [4.78, 5) is 10.8. The monoisotopic (exact) mass is 160 g/mol. The minimum Gasteiger partial charge on any atom is -0.303 e. The predicted octanol–water partition coefficient (Wildman–Crippen LogP) is 1.81. The Hall–Kier alpha value is -0.850. The lowest BCUT2D eigenvalue weighted by Crippen LogP contribution is -2.20. The maximum atomic E-state index is 10.8. The number of allylic oxidation sites excluding steroid dienone is 4. The molecule has 0 amide bonds. The van der Waals surface area contributed by atoms with Crippen LogP contribution in [-0.2, 0) is 4.79 Å². The van der Waals surface area contributed by atoms with Gasteiger partial charge in [0.2, 0.25) is 0 Å². The van der Waals surface area contributed by atoms with Crippen LogP contribution in [0, 0.1) is 29.6 Å². The minimum atomic E-state index is 0.218. The standard InChI is InChI=1S/C11H12O/c12-6-9-3-4-10-7-1-2-8(5-7)11(9)10/h1-4,6-11H,5H2. The smallest absolute Gasteiger partial charge is 0.127 e. The molecule has 0 spiro atoms. The molecule has 0 heterocycles.